The molecule has 1 unspecified atom stereocenters. The zero-order chi connectivity index (χ0) is 22.4. The molecule has 0 radical (unpaired) electrons. The fraction of sp³-hybridized carbons (Fsp3) is 0.421. The van der Waals surface area contributed by atoms with Crippen molar-refractivity contribution in [3.05, 3.63) is 51.2 Å². The predicted octanol–water partition coefficient (Wildman–Crippen LogP) is 3.08. The monoisotopic (exact) mass is 427 g/mol. The third kappa shape index (κ3) is 3.76. The molecule has 3 aromatic rings. The van der Waals surface area contributed by atoms with Crippen molar-refractivity contribution in [2.45, 2.75) is 32.7 Å². The molecule has 0 fully saturated rings. The molecule has 2 heterocycles. The van der Waals surface area contributed by atoms with Crippen LogP contribution in [0.3, 0.4) is 0 Å². The molecule has 1 aromatic carbocycles. The van der Waals surface area contributed by atoms with Crippen LogP contribution in [0.2, 0.25) is 0 Å². The van der Waals surface area contributed by atoms with Crippen LogP contribution in [0.4, 0.5) is 23.5 Å². The molecule has 3 rings (SSSR count). The number of nitrogens with zero attached hydrogens (tertiary/aromatic N) is 4. The van der Waals surface area contributed by atoms with Crippen molar-refractivity contribution < 1.29 is 22.7 Å². The molecule has 1 atom stereocenters. The van der Waals surface area contributed by atoms with Crippen LogP contribution in [0.25, 0.3) is 11.0 Å². The highest BCUT2D eigenvalue weighted by molar-refractivity contribution is 5.78. The predicted molar refractivity (Wildman–Crippen MR) is 103 cm³/mol. The summed E-state index contributed by atoms with van der Waals surface area (Å²) in [5, 5.41) is 14.0. The summed E-state index contributed by atoms with van der Waals surface area (Å²) in [4.78, 5) is 21.1. The van der Waals surface area contributed by atoms with Gasteiger partial charge in [-0.15, -0.1) is 0 Å². The Bertz CT molecular complexity index is 1130. The molecule has 7 nitrogen and oxygen atoms in total. The number of aromatic amines is 1. The number of aliphatic hydroxyl groups excluding tert-OH is 1. The lowest BCUT2D eigenvalue weighted by Gasteiger charge is -2.24. The van der Waals surface area contributed by atoms with E-state index in [1.54, 1.807) is 32.8 Å². The highest BCUT2D eigenvalue weighted by Crippen LogP contribution is 2.35. The Morgan fingerprint density at radius 3 is 2.43 bits per heavy atom. The maximum atomic E-state index is 14.8. The molecule has 0 bridgehead atoms. The topological polar surface area (TPSA) is 87.0 Å². The summed E-state index contributed by atoms with van der Waals surface area (Å²) in [6.45, 7) is 2.93. The highest BCUT2D eigenvalue weighted by atomic mass is 19.4. The molecule has 0 aliphatic rings. The Balaban J connectivity index is 2.29. The molecule has 0 saturated carbocycles. The first-order valence-electron chi connectivity index (χ1n) is 9.12. The second kappa shape index (κ2) is 7.71. The number of H-pyrrole nitrogens is 1. The number of hydrogen-bond acceptors (Lipinski definition) is 5. The van der Waals surface area contributed by atoms with Crippen LogP contribution in [0.15, 0.2) is 23.0 Å². The highest BCUT2D eigenvalue weighted by Gasteiger charge is 2.33. The van der Waals surface area contributed by atoms with Crippen molar-refractivity contribution >= 4 is 17.0 Å². The molecule has 30 heavy (non-hydrogen) atoms. The number of alkyl halides is 3. The number of aliphatic hydroxyl groups is 1. The van der Waals surface area contributed by atoms with Gasteiger partial charge in [-0.3, -0.25) is 9.78 Å². The number of fused-ring (bicyclic) bond motifs is 1. The molecular formula is C19H21F4N5O2. The molecule has 2 N–H and O–H groups in total. The summed E-state index contributed by atoms with van der Waals surface area (Å²) in [5.74, 6) is -1.15. The van der Waals surface area contributed by atoms with Gasteiger partial charge in [0.1, 0.15) is 16.9 Å². The lowest BCUT2D eigenvalue weighted by Crippen LogP contribution is -2.22. The van der Waals surface area contributed by atoms with Crippen molar-refractivity contribution in [2.24, 2.45) is 5.92 Å². The first-order chi connectivity index (χ1) is 14.0. The second-order valence-corrected chi connectivity index (χ2v) is 7.45. The Kier molecular flexibility index (Phi) is 5.59. The molecule has 0 spiro atoms. The van der Waals surface area contributed by atoms with E-state index in [9.17, 15) is 27.5 Å². The van der Waals surface area contributed by atoms with Crippen LogP contribution in [0.1, 0.15) is 36.7 Å². The first kappa shape index (κ1) is 21.8. The standard InChI is InChI=1S/C19H21F4N5O2/c1-9(2)15(11-6-5-10(7-12(11)20)19(21,22)23)28-16-14(13(8-29)26-28)17(30)25-18(24-16)27(3)4/h5-7,9,15,29H,8H2,1-4H3,(H,24,25,30). The minimum absolute atomic E-state index is 0.0274. The van der Waals surface area contributed by atoms with Crippen LogP contribution >= 0.6 is 0 Å². The SMILES string of the molecule is CC(C)C(c1ccc(C(F)(F)F)cc1F)n1nc(CO)c2c(=O)[nH]c(N(C)C)nc21. The van der Waals surface area contributed by atoms with Gasteiger partial charge in [-0.25, -0.2) is 9.07 Å². The van der Waals surface area contributed by atoms with Crippen molar-refractivity contribution in [1.82, 2.24) is 19.7 Å². The number of rotatable bonds is 5. The molecular weight excluding hydrogens is 406 g/mol. The summed E-state index contributed by atoms with van der Waals surface area (Å²) in [5.41, 5.74) is -1.52. The third-order valence-corrected chi connectivity index (χ3v) is 4.74. The number of hydrogen-bond donors (Lipinski definition) is 2. The van der Waals surface area contributed by atoms with Gasteiger partial charge in [0.05, 0.1) is 18.2 Å². The van der Waals surface area contributed by atoms with Crippen molar-refractivity contribution in [2.75, 3.05) is 19.0 Å². The van der Waals surface area contributed by atoms with Crippen LogP contribution < -0.4 is 10.5 Å². The van der Waals surface area contributed by atoms with E-state index in [0.29, 0.717) is 6.07 Å². The summed E-state index contributed by atoms with van der Waals surface area (Å²) in [6.07, 6.45) is -4.68. The summed E-state index contributed by atoms with van der Waals surface area (Å²) in [7, 11) is 3.32. The van der Waals surface area contributed by atoms with Gasteiger partial charge in [-0.05, 0) is 18.1 Å². The lowest BCUT2D eigenvalue weighted by atomic mass is 9.94. The van der Waals surface area contributed by atoms with E-state index in [1.165, 1.54) is 4.68 Å². The average molecular weight is 427 g/mol. The van der Waals surface area contributed by atoms with E-state index >= 15 is 0 Å². The smallest absolute Gasteiger partial charge is 0.390 e. The van der Waals surface area contributed by atoms with Crippen LogP contribution in [0.5, 0.6) is 0 Å². The summed E-state index contributed by atoms with van der Waals surface area (Å²) >= 11 is 0. The number of anilines is 1. The number of benzene rings is 1. The lowest BCUT2D eigenvalue weighted by molar-refractivity contribution is -0.137. The van der Waals surface area contributed by atoms with Gasteiger partial charge in [0.2, 0.25) is 5.95 Å². The normalized spacial score (nSPS) is 13.3. The van der Waals surface area contributed by atoms with Gasteiger partial charge in [-0.2, -0.15) is 23.3 Å². The van der Waals surface area contributed by atoms with E-state index in [4.69, 9.17) is 0 Å². The van der Waals surface area contributed by atoms with E-state index in [1.807, 2.05) is 0 Å². The molecule has 0 saturated heterocycles. The van der Waals surface area contributed by atoms with E-state index < -0.39 is 35.8 Å². The summed E-state index contributed by atoms with van der Waals surface area (Å²) in [6, 6.07) is 1.45. The largest absolute Gasteiger partial charge is 0.416 e. The molecule has 0 aliphatic heterocycles. The fourth-order valence-corrected chi connectivity index (χ4v) is 3.34. The first-order valence-corrected chi connectivity index (χ1v) is 9.12. The molecule has 0 aliphatic carbocycles. The van der Waals surface area contributed by atoms with E-state index in [0.717, 1.165) is 12.1 Å². The zero-order valence-electron chi connectivity index (χ0n) is 16.8. The Morgan fingerprint density at radius 2 is 1.93 bits per heavy atom. The molecule has 162 valence electrons. The maximum absolute atomic E-state index is 14.8. The van der Waals surface area contributed by atoms with Gasteiger partial charge in [-0.1, -0.05) is 19.9 Å². The van der Waals surface area contributed by atoms with Gasteiger partial charge >= 0.3 is 6.18 Å². The Labute approximate surface area is 169 Å². The van der Waals surface area contributed by atoms with Crippen molar-refractivity contribution in [3.8, 4) is 0 Å². The van der Waals surface area contributed by atoms with E-state index in [-0.39, 0.29) is 34.2 Å². The van der Waals surface area contributed by atoms with Crippen LogP contribution in [-0.4, -0.2) is 39.0 Å². The second-order valence-electron chi connectivity index (χ2n) is 7.45. The molecule has 0 amide bonds. The van der Waals surface area contributed by atoms with Gasteiger partial charge in [0.15, 0.2) is 5.65 Å². The fourth-order valence-electron chi connectivity index (χ4n) is 3.34. The average Bonchev–Trinajstić information content (AvgIpc) is 3.01. The van der Waals surface area contributed by atoms with Gasteiger partial charge in [0, 0.05) is 19.7 Å². The number of halogens is 4. The summed E-state index contributed by atoms with van der Waals surface area (Å²) < 4.78 is 54.9. The van der Waals surface area contributed by atoms with Crippen LogP contribution in [0, 0.1) is 11.7 Å². The zero-order valence-corrected chi connectivity index (χ0v) is 16.8. The van der Waals surface area contributed by atoms with Gasteiger partial charge < -0.3 is 10.0 Å². The Hall–Kier alpha value is -2.95. The molecule has 11 heteroatoms. The van der Waals surface area contributed by atoms with Crippen molar-refractivity contribution in [3.63, 3.8) is 0 Å². The third-order valence-electron chi connectivity index (χ3n) is 4.74. The van der Waals surface area contributed by atoms with Gasteiger partial charge in [0.25, 0.3) is 5.56 Å². The molecule has 2 aromatic heterocycles. The number of aromatic nitrogens is 4. The van der Waals surface area contributed by atoms with E-state index in [2.05, 4.69) is 15.1 Å². The number of nitrogens with one attached hydrogen (secondary N) is 1. The minimum atomic E-state index is -4.68. The Morgan fingerprint density at radius 1 is 1.27 bits per heavy atom. The van der Waals surface area contributed by atoms with Crippen molar-refractivity contribution in [1.29, 1.82) is 0 Å². The van der Waals surface area contributed by atoms with Crippen LogP contribution in [-0.2, 0) is 12.8 Å². The maximum Gasteiger partial charge on any atom is 0.416 e. The quantitative estimate of drug-likeness (QED) is 0.611. The minimum Gasteiger partial charge on any atom is -0.390 e.